The molecule has 3 nitrogen and oxygen atoms in total. The molecular formula is C17H16N2OS2. The van der Waals surface area contributed by atoms with Crippen LogP contribution in [0.1, 0.15) is 34.0 Å². The lowest BCUT2D eigenvalue weighted by Gasteiger charge is -2.31. The maximum atomic E-state index is 12.7. The van der Waals surface area contributed by atoms with Gasteiger partial charge in [0.1, 0.15) is 0 Å². The number of amides is 1. The number of piperidine rings is 1. The summed E-state index contributed by atoms with van der Waals surface area (Å²) >= 11 is 3.41. The normalized spacial score (nSPS) is 16.3. The van der Waals surface area contributed by atoms with Crippen LogP contribution < -0.4 is 0 Å². The molecule has 5 heteroatoms. The van der Waals surface area contributed by atoms with Gasteiger partial charge in [0.05, 0.1) is 15.7 Å². The number of hydrogen-bond acceptors (Lipinski definition) is 4. The van der Waals surface area contributed by atoms with Crippen LogP contribution in [0, 0.1) is 0 Å². The number of thiazole rings is 1. The van der Waals surface area contributed by atoms with Gasteiger partial charge in [-0.3, -0.25) is 4.79 Å². The van der Waals surface area contributed by atoms with Crippen molar-refractivity contribution < 1.29 is 4.79 Å². The lowest BCUT2D eigenvalue weighted by molar-refractivity contribution is 0.0714. The highest BCUT2D eigenvalue weighted by Gasteiger charge is 2.25. The van der Waals surface area contributed by atoms with Crippen LogP contribution in [0.15, 0.2) is 41.2 Å². The molecule has 0 unspecified atom stereocenters. The van der Waals surface area contributed by atoms with E-state index in [4.69, 9.17) is 0 Å². The van der Waals surface area contributed by atoms with E-state index in [-0.39, 0.29) is 5.91 Å². The molecule has 3 aromatic rings. The van der Waals surface area contributed by atoms with Gasteiger partial charge in [-0.1, -0.05) is 6.07 Å². The molecule has 0 atom stereocenters. The fraction of sp³-hybridized carbons (Fsp3) is 0.294. The minimum atomic E-state index is 0.153. The van der Waals surface area contributed by atoms with Crippen molar-refractivity contribution in [1.29, 1.82) is 0 Å². The Morgan fingerprint density at radius 1 is 1.18 bits per heavy atom. The lowest BCUT2D eigenvalue weighted by Crippen LogP contribution is -2.37. The van der Waals surface area contributed by atoms with Gasteiger partial charge in [0, 0.05) is 23.5 Å². The number of thiophene rings is 1. The van der Waals surface area contributed by atoms with Gasteiger partial charge >= 0.3 is 0 Å². The van der Waals surface area contributed by atoms with E-state index in [1.807, 2.05) is 39.9 Å². The summed E-state index contributed by atoms with van der Waals surface area (Å²) in [6.07, 6.45) is 2.13. The molecule has 0 aliphatic carbocycles. The molecule has 0 bridgehead atoms. The molecule has 1 aromatic carbocycles. The van der Waals surface area contributed by atoms with Crippen LogP contribution in [0.25, 0.3) is 10.2 Å². The van der Waals surface area contributed by atoms with E-state index in [1.54, 1.807) is 11.3 Å². The highest BCUT2D eigenvalue weighted by Crippen LogP contribution is 2.31. The van der Waals surface area contributed by atoms with Crippen LogP contribution in [0.5, 0.6) is 0 Å². The molecule has 0 saturated carbocycles. The fourth-order valence-corrected chi connectivity index (χ4v) is 4.68. The zero-order chi connectivity index (χ0) is 14.9. The largest absolute Gasteiger partial charge is 0.339 e. The second kappa shape index (κ2) is 5.82. The Bertz CT molecular complexity index is 786. The predicted molar refractivity (Wildman–Crippen MR) is 91.8 cm³/mol. The number of carbonyl (C=O) groups is 1. The molecule has 22 heavy (non-hydrogen) atoms. The van der Waals surface area contributed by atoms with E-state index in [1.165, 1.54) is 4.88 Å². The summed E-state index contributed by atoms with van der Waals surface area (Å²) in [6, 6.07) is 10.1. The van der Waals surface area contributed by atoms with Crippen molar-refractivity contribution in [2.24, 2.45) is 0 Å². The van der Waals surface area contributed by atoms with E-state index in [0.29, 0.717) is 5.92 Å². The Kier molecular flexibility index (Phi) is 3.68. The summed E-state index contributed by atoms with van der Waals surface area (Å²) in [5.41, 5.74) is 3.58. The summed E-state index contributed by atoms with van der Waals surface area (Å²) < 4.78 is 1.08. The molecule has 0 spiro atoms. The lowest BCUT2D eigenvalue weighted by atomic mass is 9.95. The van der Waals surface area contributed by atoms with Gasteiger partial charge in [0.15, 0.2) is 0 Å². The Morgan fingerprint density at radius 3 is 2.82 bits per heavy atom. The number of nitrogens with zero attached hydrogens (tertiary/aromatic N) is 2. The van der Waals surface area contributed by atoms with Crippen LogP contribution >= 0.6 is 22.7 Å². The first kappa shape index (κ1) is 13.9. The molecule has 3 heterocycles. The monoisotopic (exact) mass is 328 g/mol. The molecule has 1 amide bonds. The first-order chi connectivity index (χ1) is 10.8. The summed E-state index contributed by atoms with van der Waals surface area (Å²) in [4.78, 5) is 20.4. The van der Waals surface area contributed by atoms with Crippen molar-refractivity contribution in [2.45, 2.75) is 18.8 Å². The number of fused-ring (bicyclic) bond motifs is 1. The SMILES string of the molecule is O=C(c1ccc2ncsc2c1)N1CCC(c2cccs2)CC1. The van der Waals surface area contributed by atoms with E-state index in [2.05, 4.69) is 22.5 Å². The molecule has 1 fully saturated rings. The quantitative estimate of drug-likeness (QED) is 0.699. The highest BCUT2D eigenvalue weighted by atomic mass is 32.1. The molecule has 2 aromatic heterocycles. The van der Waals surface area contributed by atoms with E-state index < -0.39 is 0 Å². The zero-order valence-electron chi connectivity index (χ0n) is 12.1. The van der Waals surface area contributed by atoms with Crippen molar-refractivity contribution in [3.63, 3.8) is 0 Å². The average molecular weight is 328 g/mol. The third-order valence-electron chi connectivity index (χ3n) is 4.31. The number of aromatic nitrogens is 1. The van der Waals surface area contributed by atoms with Crippen LogP contribution in [-0.4, -0.2) is 28.9 Å². The van der Waals surface area contributed by atoms with Crippen molar-refractivity contribution in [1.82, 2.24) is 9.88 Å². The van der Waals surface area contributed by atoms with Crippen molar-refractivity contribution in [3.05, 3.63) is 51.7 Å². The van der Waals surface area contributed by atoms with Crippen LogP contribution in [-0.2, 0) is 0 Å². The smallest absolute Gasteiger partial charge is 0.253 e. The molecule has 0 radical (unpaired) electrons. The minimum absolute atomic E-state index is 0.153. The molecular weight excluding hydrogens is 312 g/mol. The molecule has 4 rings (SSSR count). The van der Waals surface area contributed by atoms with Gasteiger partial charge in [-0.15, -0.1) is 22.7 Å². The van der Waals surface area contributed by atoms with Gasteiger partial charge in [-0.05, 0) is 48.4 Å². The molecule has 112 valence electrons. The van der Waals surface area contributed by atoms with Gasteiger partial charge in [-0.2, -0.15) is 0 Å². The molecule has 1 saturated heterocycles. The average Bonchev–Trinajstić information content (AvgIpc) is 3.25. The predicted octanol–water partition coefficient (Wildman–Crippen LogP) is 4.38. The maximum absolute atomic E-state index is 12.7. The molecule has 1 aliphatic heterocycles. The Balaban J connectivity index is 1.47. The van der Waals surface area contributed by atoms with Crippen LogP contribution in [0.4, 0.5) is 0 Å². The first-order valence-corrected chi connectivity index (χ1v) is 9.23. The fourth-order valence-electron chi connectivity index (χ4n) is 3.06. The van der Waals surface area contributed by atoms with Crippen LogP contribution in [0.2, 0.25) is 0 Å². The van der Waals surface area contributed by atoms with Gasteiger partial charge in [0.25, 0.3) is 5.91 Å². The Morgan fingerprint density at radius 2 is 2.05 bits per heavy atom. The standard InChI is InChI=1S/C17H16N2OS2/c20-17(13-3-4-14-16(10-13)22-11-18-14)19-7-5-12(6-8-19)15-2-1-9-21-15/h1-4,9-12H,5-8H2. The summed E-state index contributed by atoms with van der Waals surface area (Å²) in [6.45, 7) is 1.70. The number of benzene rings is 1. The van der Waals surface area contributed by atoms with Gasteiger partial charge < -0.3 is 4.90 Å². The summed E-state index contributed by atoms with van der Waals surface area (Å²) in [5.74, 6) is 0.771. The number of carbonyl (C=O) groups excluding carboxylic acids is 1. The minimum Gasteiger partial charge on any atom is -0.339 e. The second-order valence-electron chi connectivity index (χ2n) is 5.62. The van der Waals surface area contributed by atoms with E-state index in [0.717, 1.165) is 41.7 Å². The summed E-state index contributed by atoms with van der Waals surface area (Å²) in [7, 11) is 0. The third-order valence-corrected chi connectivity index (χ3v) is 6.13. The topological polar surface area (TPSA) is 33.2 Å². The van der Waals surface area contributed by atoms with Crippen molar-refractivity contribution >= 4 is 38.8 Å². The highest BCUT2D eigenvalue weighted by molar-refractivity contribution is 7.16. The molecule has 0 N–H and O–H groups in total. The van der Waals surface area contributed by atoms with Gasteiger partial charge in [0.2, 0.25) is 0 Å². The van der Waals surface area contributed by atoms with E-state index in [9.17, 15) is 4.79 Å². The van der Waals surface area contributed by atoms with Crippen LogP contribution in [0.3, 0.4) is 0 Å². The Hall–Kier alpha value is -1.72. The van der Waals surface area contributed by atoms with Gasteiger partial charge in [-0.25, -0.2) is 4.98 Å². The molecule has 1 aliphatic rings. The number of hydrogen-bond donors (Lipinski definition) is 0. The van der Waals surface area contributed by atoms with Crippen molar-refractivity contribution in [3.8, 4) is 0 Å². The summed E-state index contributed by atoms with van der Waals surface area (Å²) in [5, 5.41) is 2.14. The zero-order valence-corrected chi connectivity index (χ0v) is 13.7. The van der Waals surface area contributed by atoms with Crippen molar-refractivity contribution in [2.75, 3.05) is 13.1 Å². The third kappa shape index (κ3) is 2.55. The van der Waals surface area contributed by atoms with E-state index >= 15 is 0 Å². The Labute approximate surface area is 137 Å². The maximum Gasteiger partial charge on any atom is 0.253 e. The first-order valence-electron chi connectivity index (χ1n) is 7.47. The second-order valence-corrected chi connectivity index (χ2v) is 7.48. The number of rotatable bonds is 2. The number of likely N-dealkylation sites (tertiary alicyclic amines) is 1.